The van der Waals surface area contributed by atoms with Crippen LogP contribution in [0.2, 0.25) is 0 Å². The maximum atomic E-state index is 12.8. The van der Waals surface area contributed by atoms with E-state index in [1.54, 1.807) is 36.3 Å². The standard InChI is InChI=1S/C23H24N8O/c1-30-15-20(27-29-30)21-18(19-10-13-31(28-19)17-8-5-11-24-14-17)9-12-25-22(21)26-23(32)16-6-3-2-4-7-16/h2-4,6-7,9-10,12-13,15,17,24H,5,8,11,14H2,1H3,(H,25,26,32)/t17-/m1/s1. The van der Waals surface area contributed by atoms with E-state index in [0.717, 1.165) is 37.2 Å². The predicted molar refractivity (Wildman–Crippen MR) is 121 cm³/mol. The van der Waals surface area contributed by atoms with E-state index >= 15 is 0 Å². The number of nitrogens with one attached hydrogen (secondary N) is 2. The molecule has 32 heavy (non-hydrogen) atoms. The molecule has 1 atom stereocenters. The molecule has 4 heterocycles. The van der Waals surface area contributed by atoms with Crippen molar-refractivity contribution in [3.05, 3.63) is 66.6 Å². The number of hydrogen-bond acceptors (Lipinski definition) is 6. The summed E-state index contributed by atoms with van der Waals surface area (Å²) in [7, 11) is 1.81. The number of benzene rings is 1. The van der Waals surface area contributed by atoms with Crippen molar-refractivity contribution in [2.45, 2.75) is 18.9 Å². The van der Waals surface area contributed by atoms with Crippen molar-refractivity contribution in [3.63, 3.8) is 0 Å². The first-order valence-corrected chi connectivity index (χ1v) is 10.7. The number of carbonyl (C=O) groups is 1. The third-order valence-electron chi connectivity index (χ3n) is 5.61. The topological polar surface area (TPSA) is 103 Å². The first-order chi connectivity index (χ1) is 15.7. The van der Waals surface area contributed by atoms with Gasteiger partial charge >= 0.3 is 0 Å². The zero-order chi connectivity index (χ0) is 21.9. The van der Waals surface area contributed by atoms with Crippen molar-refractivity contribution < 1.29 is 4.79 Å². The van der Waals surface area contributed by atoms with E-state index in [9.17, 15) is 4.79 Å². The lowest BCUT2D eigenvalue weighted by Crippen LogP contribution is -2.31. The molecule has 1 aromatic carbocycles. The van der Waals surface area contributed by atoms with Gasteiger partial charge in [-0.2, -0.15) is 5.10 Å². The van der Waals surface area contributed by atoms with Gasteiger partial charge in [-0.3, -0.25) is 14.2 Å². The van der Waals surface area contributed by atoms with Crippen molar-refractivity contribution in [2.24, 2.45) is 7.05 Å². The number of aromatic nitrogens is 6. The van der Waals surface area contributed by atoms with Crippen LogP contribution in [0.1, 0.15) is 29.2 Å². The molecule has 0 bridgehead atoms. The van der Waals surface area contributed by atoms with Crippen LogP contribution in [-0.2, 0) is 7.05 Å². The lowest BCUT2D eigenvalue weighted by Gasteiger charge is -2.23. The molecule has 1 fully saturated rings. The fraction of sp³-hybridized carbons (Fsp3) is 0.261. The van der Waals surface area contributed by atoms with Crippen LogP contribution in [0.4, 0.5) is 5.82 Å². The second-order valence-electron chi connectivity index (χ2n) is 7.86. The van der Waals surface area contributed by atoms with Gasteiger partial charge < -0.3 is 10.6 Å². The fourth-order valence-electron chi connectivity index (χ4n) is 4.00. The molecule has 5 rings (SSSR count). The molecule has 4 aromatic rings. The number of nitrogens with zero attached hydrogens (tertiary/aromatic N) is 6. The van der Waals surface area contributed by atoms with Crippen LogP contribution in [0.15, 0.2) is 61.1 Å². The number of pyridine rings is 1. The van der Waals surface area contributed by atoms with Gasteiger partial charge in [-0.1, -0.05) is 23.4 Å². The third kappa shape index (κ3) is 4.02. The van der Waals surface area contributed by atoms with Crippen molar-refractivity contribution in [3.8, 4) is 22.5 Å². The van der Waals surface area contributed by atoms with Gasteiger partial charge in [0.2, 0.25) is 0 Å². The molecule has 0 unspecified atom stereocenters. The Morgan fingerprint density at radius 1 is 1.16 bits per heavy atom. The van der Waals surface area contributed by atoms with Gasteiger partial charge in [0.15, 0.2) is 0 Å². The van der Waals surface area contributed by atoms with Gasteiger partial charge in [0.1, 0.15) is 11.5 Å². The molecule has 1 saturated heterocycles. The summed E-state index contributed by atoms with van der Waals surface area (Å²) in [5.74, 6) is 0.185. The first-order valence-electron chi connectivity index (χ1n) is 10.7. The minimum Gasteiger partial charge on any atom is -0.315 e. The SMILES string of the molecule is Cn1cc(-c2c(-c3ccn([C@@H]4CCCNC4)n3)ccnc2NC(=O)c2ccccc2)nn1. The first kappa shape index (κ1) is 20.1. The van der Waals surface area contributed by atoms with Crippen LogP contribution >= 0.6 is 0 Å². The summed E-state index contributed by atoms with van der Waals surface area (Å²) in [4.78, 5) is 17.3. The largest absolute Gasteiger partial charge is 0.315 e. The molecule has 162 valence electrons. The minimum absolute atomic E-state index is 0.237. The Hall–Kier alpha value is -3.85. The third-order valence-corrected chi connectivity index (χ3v) is 5.61. The van der Waals surface area contributed by atoms with Crippen LogP contribution in [0, 0.1) is 0 Å². The number of carbonyl (C=O) groups excluding carboxylic acids is 1. The molecule has 3 aromatic heterocycles. The van der Waals surface area contributed by atoms with Crippen LogP contribution in [0.5, 0.6) is 0 Å². The van der Waals surface area contributed by atoms with Crippen molar-refractivity contribution in [2.75, 3.05) is 18.4 Å². The number of hydrogen-bond donors (Lipinski definition) is 2. The summed E-state index contributed by atoms with van der Waals surface area (Å²) in [6.07, 6.45) is 7.73. The zero-order valence-electron chi connectivity index (χ0n) is 17.8. The highest BCUT2D eigenvalue weighted by atomic mass is 16.1. The van der Waals surface area contributed by atoms with Crippen LogP contribution in [0.25, 0.3) is 22.5 Å². The molecule has 0 aliphatic carbocycles. The molecular formula is C23H24N8O. The van der Waals surface area contributed by atoms with E-state index in [4.69, 9.17) is 5.10 Å². The molecule has 0 radical (unpaired) electrons. The number of rotatable bonds is 5. The molecule has 9 heteroatoms. The maximum Gasteiger partial charge on any atom is 0.256 e. The van der Waals surface area contributed by atoms with E-state index in [0.29, 0.717) is 28.7 Å². The van der Waals surface area contributed by atoms with E-state index in [1.807, 2.05) is 41.2 Å². The van der Waals surface area contributed by atoms with E-state index < -0.39 is 0 Å². The monoisotopic (exact) mass is 428 g/mol. The average Bonchev–Trinajstić information content (AvgIpc) is 3.49. The smallest absolute Gasteiger partial charge is 0.256 e. The lowest BCUT2D eigenvalue weighted by molar-refractivity contribution is 0.102. The van der Waals surface area contributed by atoms with Gasteiger partial charge in [0.05, 0.1) is 23.5 Å². The second-order valence-corrected chi connectivity index (χ2v) is 7.86. The Labute approximate surface area is 185 Å². The number of anilines is 1. The molecule has 2 N–H and O–H groups in total. The Balaban J connectivity index is 1.55. The molecular weight excluding hydrogens is 404 g/mol. The molecule has 0 spiro atoms. The van der Waals surface area contributed by atoms with Crippen molar-refractivity contribution in [1.82, 2.24) is 35.1 Å². The Kier molecular flexibility index (Phi) is 5.47. The van der Waals surface area contributed by atoms with Crippen LogP contribution < -0.4 is 10.6 Å². The normalized spacial score (nSPS) is 16.1. The van der Waals surface area contributed by atoms with Gasteiger partial charge in [-0.25, -0.2) is 4.98 Å². The highest BCUT2D eigenvalue weighted by Gasteiger charge is 2.22. The summed E-state index contributed by atoms with van der Waals surface area (Å²) in [5, 5.41) is 19.6. The Morgan fingerprint density at radius 2 is 2.03 bits per heavy atom. The maximum absolute atomic E-state index is 12.8. The molecule has 1 amide bonds. The highest BCUT2D eigenvalue weighted by molar-refractivity contribution is 6.06. The quantitative estimate of drug-likeness (QED) is 0.507. The summed E-state index contributed by atoms with van der Waals surface area (Å²) in [6, 6.07) is 13.3. The van der Waals surface area contributed by atoms with Crippen molar-refractivity contribution >= 4 is 11.7 Å². The van der Waals surface area contributed by atoms with E-state index in [1.165, 1.54) is 0 Å². The summed E-state index contributed by atoms with van der Waals surface area (Å²) in [6.45, 7) is 1.96. The summed E-state index contributed by atoms with van der Waals surface area (Å²) < 4.78 is 3.64. The van der Waals surface area contributed by atoms with Crippen LogP contribution in [-0.4, -0.2) is 48.8 Å². The summed E-state index contributed by atoms with van der Waals surface area (Å²) >= 11 is 0. The van der Waals surface area contributed by atoms with E-state index in [2.05, 4.69) is 25.9 Å². The fourth-order valence-corrected chi connectivity index (χ4v) is 4.00. The number of aryl methyl sites for hydroxylation is 1. The minimum atomic E-state index is -0.237. The zero-order valence-corrected chi connectivity index (χ0v) is 17.8. The van der Waals surface area contributed by atoms with E-state index in [-0.39, 0.29) is 5.91 Å². The highest BCUT2D eigenvalue weighted by Crippen LogP contribution is 2.35. The molecule has 1 aliphatic heterocycles. The second kappa shape index (κ2) is 8.72. The summed E-state index contributed by atoms with van der Waals surface area (Å²) in [5.41, 5.74) is 3.50. The van der Waals surface area contributed by atoms with Gasteiger partial charge in [0.25, 0.3) is 5.91 Å². The molecule has 0 saturated carbocycles. The Morgan fingerprint density at radius 3 is 2.78 bits per heavy atom. The van der Waals surface area contributed by atoms with Crippen molar-refractivity contribution in [1.29, 1.82) is 0 Å². The lowest BCUT2D eigenvalue weighted by atomic mass is 10.0. The predicted octanol–water partition coefficient (Wildman–Crippen LogP) is 2.92. The van der Waals surface area contributed by atoms with Gasteiger partial charge in [0, 0.05) is 37.1 Å². The van der Waals surface area contributed by atoms with Gasteiger partial charge in [-0.15, -0.1) is 5.10 Å². The number of amides is 1. The number of piperidine rings is 1. The molecule has 9 nitrogen and oxygen atoms in total. The average molecular weight is 429 g/mol. The van der Waals surface area contributed by atoms with Gasteiger partial charge in [-0.05, 0) is 43.7 Å². The van der Waals surface area contributed by atoms with Crippen LogP contribution in [0.3, 0.4) is 0 Å². The Bertz CT molecular complexity index is 1220. The molecule has 1 aliphatic rings.